The topological polar surface area (TPSA) is 172 Å². The maximum Gasteiger partial charge on any atom is 0.266 e. The van der Waals surface area contributed by atoms with Crippen molar-refractivity contribution in [1.29, 1.82) is 0 Å². The Balaban J connectivity index is 1.22. The Kier molecular flexibility index (Phi) is 15.2. The molecule has 0 aromatic heterocycles. The average Bonchev–Trinajstić information content (AvgIpc) is 0.666. The number of imide groups is 1. The molecular weight excluding hydrogens is 1270 g/mol. The second-order valence-electron chi connectivity index (χ2n) is 24.7. The van der Waals surface area contributed by atoms with Crippen molar-refractivity contribution in [3.8, 4) is 46.0 Å². The van der Waals surface area contributed by atoms with Crippen molar-refractivity contribution in [2.75, 3.05) is 9.80 Å². The molecule has 2 atom stereocenters. The lowest BCUT2D eigenvalue weighted by Gasteiger charge is -2.51. The lowest BCUT2D eigenvalue weighted by Crippen LogP contribution is -2.55. The number of halogens is 4. The number of para-hydroxylation sites is 2. The molecule has 468 valence electrons. The third-order valence-corrected chi connectivity index (χ3v) is 18.9. The molecule has 11 aromatic rings. The predicted octanol–water partition coefficient (Wildman–Crippen LogP) is 20.5. The van der Waals surface area contributed by atoms with E-state index in [1.165, 1.54) is 53.4 Å². The zero-order valence-electron chi connectivity index (χ0n) is 51.6. The lowest BCUT2D eigenvalue weighted by molar-refractivity contribution is -0.0892. The van der Waals surface area contributed by atoms with Crippen molar-refractivity contribution in [3.63, 3.8) is 0 Å². The van der Waals surface area contributed by atoms with Gasteiger partial charge in [0.25, 0.3) is 38.7 Å². The summed E-state index contributed by atoms with van der Waals surface area (Å²) in [6.45, 7) is 15.9. The highest BCUT2D eigenvalue weighted by Crippen LogP contribution is 2.62. The third kappa shape index (κ3) is 9.83. The molecule has 2 unspecified atom stereocenters. The Morgan fingerprint density at radius 1 is 0.415 bits per heavy atom. The van der Waals surface area contributed by atoms with Crippen LogP contribution in [0.25, 0.3) is 43.1 Å². The first kappa shape index (κ1) is 61.8. The van der Waals surface area contributed by atoms with Gasteiger partial charge in [-0.2, -0.15) is 0 Å². The second-order valence-corrected chi connectivity index (χ2v) is 26.0. The minimum Gasteiger partial charge on any atom is -0.457 e. The Morgan fingerprint density at radius 2 is 0.734 bits per heavy atom. The lowest BCUT2D eigenvalue weighted by atomic mass is 9.77. The number of benzene rings is 11. The molecule has 3 aliphatic rings. The van der Waals surface area contributed by atoms with Gasteiger partial charge in [0, 0.05) is 76.5 Å². The van der Waals surface area contributed by atoms with Gasteiger partial charge in [0.05, 0.1) is 34.2 Å². The van der Waals surface area contributed by atoms with E-state index in [2.05, 4.69) is 13.8 Å². The van der Waals surface area contributed by atoms with Gasteiger partial charge in [-0.25, -0.2) is 4.90 Å². The van der Waals surface area contributed by atoms with Crippen LogP contribution in [0.5, 0.6) is 46.0 Å². The summed E-state index contributed by atoms with van der Waals surface area (Å²) in [5.41, 5.74) is 4.07. The first-order valence-corrected chi connectivity index (χ1v) is 31.9. The zero-order valence-corrected chi connectivity index (χ0v) is 54.6. The van der Waals surface area contributed by atoms with Gasteiger partial charge in [-0.05, 0) is 216 Å². The van der Waals surface area contributed by atoms with Gasteiger partial charge in [0.15, 0.2) is 5.72 Å². The Bertz CT molecular complexity index is 4970. The van der Waals surface area contributed by atoms with E-state index in [1.807, 2.05) is 84.0 Å². The number of rotatable bonds is 16. The van der Waals surface area contributed by atoms with Crippen LogP contribution in [0.3, 0.4) is 0 Å². The maximum atomic E-state index is 16.6. The molecule has 0 radical (unpaired) electrons. The minimum atomic E-state index is -1.61. The van der Waals surface area contributed by atoms with Gasteiger partial charge in [-0.3, -0.25) is 38.5 Å². The summed E-state index contributed by atoms with van der Waals surface area (Å²) in [6.07, 6.45) is -0.585. The molecule has 0 saturated heterocycles. The third-order valence-electron chi connectivity index (χ3n) is 18.0. The van der Waals surface area contributed by atoms with E-state index in [0.717, 1.165) is 22.3 Å². The van der Waals surface area contributed by atoms with Crippen LogP contribution >= 0.6 is 46.4 Å². The smallest absolute Gasteiger partial charge is 0.266 e. The van der Waals surface area contributed by atoms with Crippen LogP contribution in [0.2, 0.25) is 0 Å². The van der Waals surface area contributed by atoms with Crippen LogP contribution in [0.4, 0.5) is 11.4 Å². The van der Waals surface area contributed by atoms with Gasteiger partial charge < -0.3 is 23.7 Å². The van der Waals surface area contributed by atoms with Gasteiger partial charge in [0.2, 0.25) is 0 Å². The number of anilines is 2. The van der Waals surface area contributed by atoms with Crippen molar-refractivity contribution in [2.45, 2.75) is 85.0 Å². The normalized spacial score (nSPS) is 15.8. The zero-order chi connectivity index (χ0) is 66.2. The molecule has 11 aromatic carbocycles. The summed E-state index contributed by atoms with van der Waals surface area (Å²) in [5, 5.41) is -0.610. The molecule has 94 heavy (non-hydrogen) atoms. The van der Waals surface area contributed by atoms with Crippen molar-refractivity contribution in [2.24, 2.45) is 0 Å². The number of ether oxygens (including phenoxy) is 5. The van der Waals surface area contributed by atoms with Crippen molar-refractivity contribution < 1.29 is 57.2 Å². The molecule has 0 bridgehead atoms. The number of fused-ring (bicyclic) bond motifs is 6. The standard InChI is InChI=1S/C76H54Cl4N2O12/c1-35(2)47-11-9-12-48(36(3)4)67(47)81-73(87)51-31-55(90-43-23-15-39(16-24-43)69(77)83)61-63-57(92-45-27-19-41(20-28-45)71(79)85)33-53-60-54(76(8)82(75(53)89)68-49(37(5)6)13-10-14-50(68)38(7)94-76)34-58(93-46-29-21-42(22-30-46)72(80)86)64(66(60)63)62-56(32-52(74(81)88)59(51)65(61)62)91-44-25-17-40(18-26-44)70(78)84/h9-38H,1-8H3. The highest BCUT2D eigenvalue weighted by Gasteiger charge is 2.53. The molecular formula is C76H54Cl4N2O12. The number of carbonyl (C=O) groups is 7. The van der Waals surface area contributed by atoms with E-state index >= 15 is 14.4 Å². The highest BCUT2D eigenvalue weighted by molar-refractivity contribution is 6.68. The Morgan fingerprint density at radius 3 is 1.09 bits per heavy atom. The van der Waals surface area contributed by atoms with Crippen LogP contribution in [0, 0.1) is 0 Å². The number of carbonyl (C=O) groups excluding carboxylic acids is 7. The van der Waals surface area contributed by atoms with E-state index in [4.69, 9.17) is 70.1 Å². The average molecular weight is 1330 g/mol. The summed E-state index contributed by atoms with van der Waals surface area (Å²) >= 11 is 24.1. The molecule has 18 heteroatoms. The van der Waals surface area contributed by atoms with E-state index < -0.39 is 50.5 Å². The van der Waals surface area contributed by atoms with Gasteiger partial charge >= 0.3 is 0 Å². The van der Waals surface area contributed by atoms with Crippen LogP contribution < -0.4 is 28.7 Å². The molecule has 14 nitrogen and oxygen atoms in total. The van der Waals surface area contributed by atoms with Crippen LogP contribution in [-0.2, 0) is 10.5 Å². The number of hydrogen-bond acceptors (Lipinski definition) is 12. The largest absolute Gasteiger partial charge is 0.457 e. The van der Waals surface area contributed by atoms with E-state index in [-0.39, 0.29) is 135 Å². The van der Waals surface area contributed by atoms with E-state index in [1.54, 1.807) is 71.6 Å². The molecule has 3 heterocycles. The second kappa shape index (κ2) is 23.1. The van der Waals surface area contributed by atoms with Crippen LogP contribution in [0.1, 0.15) is 180 Å². The highest BCUT2D eigenvalue weighted by atomic mass is 35.5. The number of amides is 3. The quantitative estimate of drug-likeness (QED) is 0.0388. The first-order chi connectivity index (χ1) is 44.9. The van der Waals surface area contributed by atoms with Crippen molar-refractivity contribution in [1.82, 2.24) is 0 Å². The van der Waals surface area contributed by atoms with Gasteiger partial charge in [-0.15, -0.1) is 0 Å². The SMILES string of the molecule is CC(C)c1cccc(C(C)C)c1N1C(=O)c2cc(Oc3ccc(C(=O)Cl)cc3)c3c4c(Oc5ccc(C(=O)Cl)cc5)cc5c6c(cc(Oc7ccc(C(=O)Cl)cc7)c(c7c(Oc8ccc(C(=O)Cl)cc8)cc(c2c37)C1=O)c64)C1(C)OC(C)c2cccc(C(C)C)c2N1C5=O. The minimum absolute atomic E-state index is 0.0433. The number of hydrogen-bond donors (Lipinski definition) is 0. The summed E-state index contributed by atoms with van der Waals surface area (Å²) < 4.78 is 36.0. The van der Waals surface area contributed by atoms with E-state index in [9.17, 15) is 19.2 Å². The molecule has 3 aliphatic heterocycles. The summed E-state index contributed by atoms with van der Waals surface area (Å²) in [7, 11) is 0. The Hall–Kier alpha value is -9.67. The summed E-state index contributed by atoms with van der Waals surface area (Å²) in [6, 6.07) is 42.8. The van der Waals surface area contributed by atoms with Crippen molar-refractivity contribution in [3.05, 3.63) is 224 Å². The molecule has 0 N–H and O–H groups in total. The van der Waals surface area contributed by atoms with Gasteiger partial charge in [0.1, 0.15) is 46.0 Å². The molecule has 3 amide bonds. The molecule has 0 saturated carbocycles. The first-order valence-electron chi connectivity index (χ1n) is 30.4. The van der Waals surface area contributed by atoms with Crippen molar-refractivity contribution >= 4 is 140 Å². The maximum absolute atomic E-state index is 16.6. The molecule has 14 rings (SSSR count). The molecule has 0 spiro atoms. The molecule has 0 fully saturated rings. The Labute approximate surface area is 558 Å². The fraction of sp³-hybridized carbons (Fsp3) is 0.171. The fourth-order valence-corrected chi connectivity index (χ4v) is 14.2. The van der Waals surface area contributed by atoms with Crippen LogP contribution in [0.15, 0.2) is 158 Å². The molecule has 0 aliphatic carbocycles. The number of nitrogens with zero attached hydrogens (tertiary/aromatic N) is 2. The fourth-order valence-electron chi connectivity index (χ4n) is 13.7. The van der Waals surface area contributed by atoms with E-state index in [0.29, 0.717) is 27.7 Å². The predicted molar refractivity (Wildman–Crippen MR) is 364 cm³/mol. The summed E-state index contributed by atoms with van der Waals surface area (Å²) in [5.74, 6) is -1.10. The van der Waals surface area contributed by atoms with Gasteiger partial charge in [-0.1, -0.05) is 77.9 Å². The monoisotopic (exact) mass is 1330 g/mol. The van der Waals surface area contributed by atoms with Crippen LogP contribution in [-0.4, -0.2) is 38.7 Å². The summed E-state index contributed by atoms with van der Waals surface area (Å²) in [4.78, 5) is 103.